The second kappa shape index (κ2) is 30.8. The molecule has 0 saturated heterocycles. The quantitative estimate of drug-likeness (QED) is 0.0454. The number of methoxy groups -OCH3 is 2. The number of hydrogen-bond acceptors (Lipinski definition) is 16. The summed E-state index contributed by atoms with van der Waals surface area (Å²) in [6, 6.07) is 1.59. The third-order valence-electron chi connectivity index (χ3n) is 7.85. The Morgan fingerprint density at radius 3 is 1.71 bits per heavy atom. The molecule has 2 aromatic rings. The highest BCUT2D eigenvalue weighted by atomic mass is 19.3. The highest BCUT2D eigenvalue weighted by Gasteiger charge is 2.42. The number of rotatable bonds is 17. The average molecular weight is 991 g/mol. The Labute approximate surface area is 380 Å². The molecule has 0 aliphatic carbocycles. The first-order valence-electron chi connectivity index (χ1n) is 19.0. The molecular formula is C42H44F10N2O14. The standard InChI is InChI=1S/C21H20F5NO6.C8H4F4O.C8H12O5.C5H8FNO2/c1-4-32-21(30)18-14(8-33-9(2)28)27-13(7-22)17(20(29)31-3)16(18)11-5-10(23)6-12(24)15(11)19(25)26;9-5-1-4(3-13)7(8(11)12)6(10)2-5;1-3-12-8(11)4-7(10)5-13-6(2)9;1-9-5(8)2-4(7)3-6/h5-6,16,19,27H,4,7-8H2,1-3H3;1-3,8H;3-5H2,1-2H3;2H,3,7H2,1H3/b;;;4-2-. The molecule has 0 spiro atoms. The molecule has 376 valence electrons. The molecule has 26 heteroatoms. The van der Waals surface area contributed by atoms with Gasteiger partial charge in [-0.3, -0.25) is 24.0 Å². The van der Waals surface area contributed by atoms with Crippen LogP contribution < -0.4 is 11.1 Å². The minimum atomic E-state index is -3.50. The number of hydrogen-bond donors (Lipinski definition) is 2. The van der Waals surface area contributed by atoms with Crippen molar-refractivity contribution in [2.45, 2.75) is 52.9 Å². The lowest BCUT2D eigenvalue weighted by atomic mass is 9.78. The van der Waals surface area contributed by atoms with Crippen LogP contribution in [0.1, 0.15) is 79.9 Å². The van der Waals surface area contributed by atoms with Crippen LogP contribution >= 0.6 is 0 Å². The number of alkyl halides is 6. The zero-order chi connectivity index (χ0) is 52.4. The van der Waals surface area contributed by atoms with E-state index >= 15 is 0 Å². The monoisotopic (exact) mass is 990 g/mol. The lowest BCUT2D eigenvalue weighted by molar-refractivity contribution is -0.151. The predicted molar refractivity (Wildman–Crippen MR) is 212 cm³/mol. The molecule has 1 aliphatic heterocycles. The van der Waals surface area contributed by atoms with Crippen molar-refractivity contribution in [2.75, 3.05) is 54.0 Å². The number of Topliss-reactive ketones (excluding diaryl/α,β-unsaturated/α-hetero) is 1. The Hall–Kier alpha value is -7.28. The highest BCUT2D eigenvalue weighted by Crippen LogP contribution is 2.44. The number of aldehydes is 1. The maximum absolute atomic E-state index is 14.4. The van der Waals surface area contributed by atoms with Crippen LogP contribution in [0.25, 0.3) is 0 Å². The number of esters is 6. The zero-order valence-electron chi connectivity index (χ0n) is 36.7. The number of dihydropyridines is 1. The highest BCUT2D eigenvalue weighted by molar-refractivity contribution is 6.00. The maximum atomic E-state index is 14.4. The van der Waals surface area contributed by atoms with Gasteiger partial charge >= 0.3 is 35.8 Å². The van der Waals surface area contributed by atoms with Crippen molar-refractivity contribution < 1.29 is 111 Å². The average Bonchev–Trinajstić information content (AvgIpc) is 3.26. The van der Waals surface area contributed by atoms with Crippen molar-refractivity contribution in [3.63, 3.8) is 0 Å². The third kappa shape index (κ3) is 20.1. The molecule has 16 nitrogen and oxygen atoms in total. The van der Waals surface area contributed by atoms with Gasteiger partial charge in [-0.2, -0.15) is 0 Å². The normalized spacial score (nSPS) is 13.0. The lowest BCUT2D eigenvalue weighted by Crippen LogP contribution is -2.36. The van der Waals surface area contributed by atoms with Gasteiger partial charge in [-0.25, -0.2) is 58.3 Å². The van der Waals surface area contributed by atoms with Crippen LogP contribution in [0.4, 0.5) is 43.9 Å². The fourth-order valence-corrected chi connectivity index (χ4v) is 5.18. The number of nitrogens with two attached hydrogens (primary N) is 1. The second-order valence-corrected chi connectivity index (χ2v) is 12.6. The first kappa shape index (κ1) is 60.7. The van der Waals surface area contributed by atoms with E-state index in [4.69, 9.17) is 15.2 Å². The topological polar surface area (TPSA) is 230 Å². The van der Waals surface area contributed by atoms with Gasteiger partial charge in [0.25, 0.3) is 12.9 Å². The molecule has 1 aliphatic rings. The Morgan fingerprint density at radius 2 is 1.25 bits per heavy atom. The van der Waals surface area contributed by atoms with Gasteiger partial charge in [0, 0.05) is 43.3 Å². The van der Waals surface area contributed by atoms with Gasteiger partial charge in [-0.05, 0) is 31.5 Å². The van der Waals surface area contributed by atoms with Crippen molar-refractivity contribution in [1.82, 2.24) is 5.32 Å². The fraction of sp³-hybridized carbons (Fsp3) is 0.381. The summed E-state index contributed by atoms with van der Waals surface area (Å²) in [6.07, 6.45) is -6.07. The third-order valence-corrected chi connectivity index (χ3v) is 7.85. The minimum absolute atomic E-state index is 0.00630. The summed E-state index contributed by atoms with van der Waals surface area (Å²) in [4.78, 5) is 88.9. The van der Waals surface area contributed by atoms with Gasteiger partial charge in [-0.15, -0.1) is 0 Å². The van der Waals surface area contributed by atoms with E-state index in [0.29, 0.717) is 18.2 Å². The van der Waals surface area contributed by atoms with Crippen LogP contribution in [0.3, 0.4) is 0 Å². The molecule has 1 heterocycles. The molecular weight excluding hydrogens is 946 g/mol. The number of ketones is 1. The lowest BCUT2D eigenvalue weighted by Gasteiger charge is -2.32. The molecule has 3 rings (SSSR count). The largest absolute Gasteiger partial charge is 0.466 e. The van der Waals surface area contributed by atoms with Gasteiger partial charge in [0.05, 0.1) is 67.0 Å². The van der Waals surface area contributed by atoms with Crippen LogP contribution in [0, 0.1) is 23.3 Å². The van der Waals surface area contributed by atoms with E-state index in [1.54, 1.807) is 6.92 Å². The van der Waals surface area contributed by atoms with Crippen LogP contribution in [-0.4, -0.2) is 102 Å². The maximum Gasteiger partial charge on any atom is 0.336 e. The summed E-state index contributed by atoms with van der Waals surface area (Å²) in [5, 5.41) is 2.42. The number of allylic oxidation sites excluding steroid dienone is 2. The fourth-order valence-electron chi connectivity index (χ4n) is 5.18. The van der Waals surface area contributed by atoms with E-state index in [1.807, 2.05) is 0 Å². The van der Waals surface area contributed by atoms with Crippen molar-refractivity contribution in [3.05, 3.63) is 104 Å². The Balaban J connectivity index is 0.00000105. The Kier molecular flexibility index (Phi) is 27.5. The van der Waals surface area contributed by atoms with E-state index in [9.17, 15) is 82.3 Å². The van der Waals surface area contributed by atoms with Gasteiger partial charge < -0.3 is 39.5 Å². The summed E-state index contributed by atoms with van der Waals surface area (Å²) < 4.78 is 158. The van der Waals surface area contributed by atoms with E-state index in [0.717, 1.165) is 20.1 Å². The molecule has 0 saturated carbocycles. The summed E-state index contributed by atoms with van der Waals surface area (Å²) in [6.45, 7) is 2.07. The predicted octanol–water partition coefficient (Wildman–Crippen LogP) is 6.12. The number of halogens is 10. The van der Waals surface area contributed by atoms with Gasteiger partial charge in [0.15, 0.2) is 18.7 Å². The molecule has 68 heavy (non-hydrogen) atoms. The zero-order valence-corrected chi connectivity index (χ0v) is 36.7. The minimum Gasteiger partial charge on any atom is -0.466 e. The summed E-state index contributed by atoms with van der Waals surface area (Å²) in [7, 11) is 2.11. The molecule has 2 aromatic carbocycles. The first-order chi connectivity index (χ1) is 31.9. The Bertz CT molecular complexity index is 2230. The molecule has 0 radical (unpaired) electrons. The molecule has 0 bridgehead atoms. The molecule has 1 unspecified atom stereocenters. The number of carbonyl (C=O) groups excluding carboxylic acids is 8. The van der Waals surface area contributed by atoms with E-state index in [2.05, 4.69) is 24.3 Å². The van der Waals surface area contributed by atoms with E-state index in [1.165, 1.54) is 21.0 Å². The van der Waals surface area contributed by atoms with Crippen LogP contribution in [0.15, 0.2) is 58.6 Å². The van der Waals surface area contributed by atoms with Gasteiger partial charge in [0.2, 0.25) is 0 Å². The molecule has 0 fully saturated rings. The van der Waals surface area contributed by atoms with E-state index < -0.39 is 143 Å². The van der Waals surface area contributed by atoms with Crippen molar-refractivity contribution in [2.24, 2.45) is 5.73 Å². The van der Waals surface area contributed by atoms with Crippen LogP contribution in [0.2, 0.25) is 0 Å². The van der Waals surface area contributed by atoms with E-state index in [-0.39, 0.29) is 50.0 Å². The Morgan fingerprint density at radius 1 is 0.721 bits per heavy atom. The smallest absolute Gasteiger partial charge is 0.336 e. The molecule has 1 atom stereocenters. The second-order valence-electron chi connectivity index (χ2n) is 12.6. The summed E-state index contributed by atoms with van der Waals surface area (Å²) in [5.74, 6) is -12.8. The first-order valence-corrected chi connectivity index (χ1v) is 19.0. The van der Waals surface area contributed by atoms with Crippen molar-refractivity contribution in [1.29, 1.82) is 0 Å². The summed E-state index contributed by atoms with van der Waals surface area (Å²) in [5.41, 5.74) is -1.15. The van der Waals surface area contributed by atoms with Gasteiger partial charge in [-0.1, -0.05) is 0 Å². The number of ether oxygens (including phenoxy) is 6. The SMILES string of the molecule is CCOC(=O)C1=C(COC(C)=O)NC(CF)=C(C(=O)OC)C1c1cc(F)cc(F)c1C(F)F.CCOC(=O)CC(=O)COC(C)=O.COC(=O)/C=C(\N)CF.O=Cc1cc(F)cc(F)c1C(F)F. The van der Waals surface area contributed by atoms with Crippen LogP contribution in [-0.2, 0) is 62.0 Å². The van der Waals surface area contributed by atoms with Crippen LogP contribution in [0.5, 0.6) is 0 Å². The molecule has 0 aromatic heterocycles. The number of nitrogens with one attached hydrogen (secondary N) is 1. The molecule has 0 amide bonds. The molecule has 3 N–H and O–H groups in total. The summed E-state index contributed by atoms with van der Waals surface area (Å²) >= 11 is 0. The number of benzene rings is 2. The van der Waals surface area contributed by atoms with Crippen molar-refractivity contribution in [3.8, 4) is 0 Å². The van der Waals surface area contributed by atoms with Crippen molar-refractivity contribution >= 4 is 47.9 Å². The number of carbonyl (C=O) groups is 8. The van der Waals surface area contributed by atoms with Gasteiger partial charge in [0.1, 0.15) is 49.6 Å².